The van der Waals surface area contributed by atoms with Crippen molar-refractivity contribution < 1.29 is 13.2 Å². The molecule has 1 aromatic heterocycles. The standard InChI is InChI=1S/C6H2BrF3N2/c7-12-2-4(1-11)5(3-12)6(8,9)10/h2-3H. The molecule has 6 heteroatoms. The molecule has 0 aliphatic heterocycles. The molecular weight excluding hydrogens is 237 g/mol. The minimum absolute atomic E-state index is 0.389. The third-order valence-corrected chi connectivity index (χ3v) is 1.63. The third-order valence-electron chi connectivity index (χ3n) is 1.22. The first-order valence-corrected chi connectivity index (χ1v) is 3.51. The van der Waals surface area contributed by atoms with Crippen molar-refractivity contribution >= 4 is 16.1 Å². The Morgan fingerprint density at radius 3 is 2.33 bits per heavy atom. The normalized spacial score (nSPS) is 11.2. The molecule has 0 aliphatic carbocycles. The van der Waals surface area contributed by atoms with Crippen molar-refractivity contribution in [1.82, 2.24) is 3.59 Å². The smallest absolute Gasteiger partial charge is 0.290 e. The van der Waals surface area contributed by atoms with E-state index in [1.807, 2.05) is 0 Å². The molecule has 0 aromatic carbocycles. The van der Waals surface area contributed by atoms with Crippen molar-refractivity contribution in [3.8, 4) is 6.07 Å². The first-order valence-electron chi connectivity index (χ1n) is 2.80. The molecule has 1 rings (SSSR count). The lowest BCUT2D eigenvalue weighted by Crippen LogP contribution is -2.04. The van der Waals surface area contributed by atoms with Crippen molar-refractivity contribution in [2.75, 3.05) is 0 Å². The van der Waals surface area contributed by atoms with Gasteiger partial charge in [-0.05, 0) is 0 Å². The van der Waals surface area contributed by atoms with Crippen LogP contribution in [0.2, 0.25) is 0 Å². The number of rotatable bonds is 0. The predicted octanol–water partition coefficient (Wildman–Crippen LogP) is 2.54. The highest BCUT2D eigenvalue weighted by atomic mass is 79.9. The minimum Gasteiger partial charge on any atom is -0.290 e. The van der Waals surface area contributed by atoms with Gasteiger partial charge < -0.3 is 0 Å². The van der Waals surface area contributed by atoms with Gasteiger partial charge in [-0.3, -0.25) is 3.59 Å². The summed E-state index contributed by atoms with van der Waals surface area (Å²) in [6.07, 6.45) is -2.61. The van der Waals surface area contributed by atoms with Gasteiger partial charge in [0.05, 0.1) is 27.3 Å². The van der Waals surface area contributed by atoms with Crippen molar-refractivity contribution in [2.45, 2.75) is 6.18 Å². The quantitative estimate of drug-likeness (QED) is 0.683. The monoisotopic (exact) mass is 238 g/mol. The maximum Gasteiger partial charge on any atom is 0.419 e. The van der Waals surface area contributed by atoms with E-state index in [-0.39, 0.29) is 5.56 Å². The molecule has 0 N–H and O–H groups in total. The summed E-state index contributed by atoms with van der Waals surface area (Å²) < 4.78 is 37.2. The van der Waals surface area contributed by atoms with Gasteiger partial charge in [0.1, 0.15) is 6.07 Å². The molecule has 12 heavy (non-hydrogen) atoms. The Hall–Kier alpha value is -0.960. The first kappa shape index (κ1) is 9.13. The Morgan fingerprint density at radius 1 is 1.42 bits per heavy atom. The summed E-state index contributed by atoms with van der Waals surface area (Å²) in [5, 5.41) is 8.31. The highest BCUT2D eigenvalue weighted by Gasteiger charge is 2.34. The van der Waals surface area contributed by atoms with Crippen LogP contribution in [0.25, 0.3) is 0 Å². The van der Waals surface area contributed by atoms with E-state index in [1.165, 1.54) is 6.07 Å². The zero-order valence-electron chi connectivity index (χ0n) is 5.56. The van der Waals surface area contributed by atoms with Crippen LogP contribution in [0.4, 0.5) is 13.2 Å². The van der Waals surface area contributed by atoms with E-state index in [9.17, 15) is 13.2 Å². The number of alkyl halides is 3. The van der Waals surface area contributed by atoms with Crippen molar-refractivity contribution in [2.24, 2.45) is 0 Å². The molecule has 0 fully saturated rings. The summed E-state index contributed by atoms with van der Waals surface area (Å²) in [6.45, 7) is 0. The number of hydrogen-bond donors (Lipinski definition) is 0. The average Bonchev–Trinajstić information content (AvgIpc) is 2.29. The first-order chi connectivity index (χ1) is 5.45. The predicted molar refractivity (Wildman–Crippen MR) is 38.5 cm³/mol. The van der Waals surface area contributed by atoms with Crippen molar-refractivity contribution in [3.63, 3.8) is 0 Å². The fourth-order valence-corrected chi connectivity index (χ4v) is 1.15. The van der Waals surface area contributed by atoms with E-state index >= 15 is 0 Å². The Bertz CT molecular complexity index is 334. The van der Waals surface area contributed by atoms with Gasteiger partial charge in [-0.25, -0.2) is 0 Å². The van der Waals surface area contributed by atoms with Crippen molar-refractivity contribution in [1.29, 1.82) is 5.26 Å². The second-order valence-corrected chi connectivity index (χ2v) is 2.86. The van der Waals surface area contributed by atoms with Crippen LogP contribution in [0.1, 0.15) is 11.1 Å². The molecule has 1 aromatic rings. The van der Waals surface area contributed by atoms with E-state index in [0.717, 1.165) is 16.0 Å². The lowest BCUT2D eigenvalue weighted by Gasteiger charge is -2.02. The summed E-state index contributed by atoms with van der Waals surface area (Å²) >= 11 is 2.78. The fourth-order valence-electron chi connectivity index (χ4n) is 0.738. The largest absolute Gasteiger partial charge is 0.419 e. The van der Waals surface area contributed by atoms with Gasteiger partial charge in [0.15, 0.2) is 0 Å². The molecule has 2 nitrogen and oxygen atoms in total. The average molecular weight is 239 g/mol. The number of halogens is 4. The molecule has 0 saturated carbocycles. The fraction of sp³-hybridized carbons (Fsp3) is 0.167. The van der Waals surface area contributed by atoms with Crippen LogP contribution in [0, 0.1) is 11.3 Å². The second kappa shape index (κ2) is 2.83. The molecule has 0 radical (unpaired) electrons. The van der Waals surface area contributed by atoms with Gasteiger partial charge in [0.2, 0.25) is 0 Å². The lowest BCUT2D eigenvalue weighted by molar-refractivity contribution is -0.137. The molecular formula is C6H2BrF3N2. The third kappa shape index (κ3) is 1.61. The minimum atomic E-state index is -4.47. The zero-order chi connectivity index (χ0) is 9.35. The zero-order valence-corrected chi connectivity index (χ0v) is 7.15. The van der Waals surface area contributed by atoms with Crippen LogP contribution in [0.15, 0.2) is 12.4 Å². The highest BCUT2D eigenvalue weighted by molar-refractivity contribution is 9.08. The van der Waals surface area contributed by atoms with E-state index in [0.29, 0.717) is 0 Å². The van der Waals surface area contributed by atoms with E-state index in [1.54, 1.807) is 0 Å². The van der Waals surface area contributed by atoms with Gasteiger partial charge in [-0.2, -0.15) is 18.4 Å². The Kier molecular flexibility index (Phi) is 2.15. The molecule has 0 unspecified atom stereocenters. The van der Waals surface area contributed by atoms with E-state index < -0.39 is 11.7 Å². The van der Waals surface area contributed by atoms with Crippen LogP contribution < -0.4 is 0 Å². The molecule has 0 saturated heterocycles. The Labute approximate surface area is 74.5 Å². The van der Waals surface area contributed by atoms with Gasteiger partial charge in [0, 0.05) is 12.4 Å². The Morgan fingerprint density at radius 2 is 2.00 bits per heavy atom. The van der Waals surface area contributed by atoms with Gasteiger partial charge >= 0.3 is 6.18 Å². The van der Waals surface area contributed by atoms with E-state index in [2.05, 4.69) is 16.1 Å². The topological polar surface area (TPSA) is 28.7 Å². The lowest BCUT2D eigenvalue weighted by atomic mass is 10.2. The second-order valence-electron chi connectivity index (χ2n) is 2.04. The SMILES string of the molecule is N#Cc1cn(Br)cc1C(F)(F)F. The molecule has 0 aliphatic rings. The molecule has 64 valence electrons. The summed E-state index contributed by atoms with van der Waals surface area (Å²) in [5.74, 6) is 0. The highest BCUT2D eigenvalue weighted by Crippen LogP contribution is 2.32. The van der Waals surface area contributed by atoms with Gasteiger partial charge in [-0.1, -0.05) is 0 Å². The number of aromatic nitrogens is 1. The summed E-state index contributed by atoms with van der Waals surface area (Å²) in [5.41, 5.74) is -1.32. The van der Waals surface area contributed by atoms with Crippen LogP contribution in [-0.4, -0.2) is 3.59 Å². The van der Waals surface area contributed by atoms with Crippen LogP contribution in [0.5, 0.6) is 0 Å². The molecule has 0 amide bonds. The van der Waals surface area contributed by atoms with Gasteiger partial charge in [-0.15, -0.1) is 0 Å². The summed E-state index contributed by atoms with van der Waals surface area (Å²) in [4.78, 5) is 0. The van der Waals surface area contributed by atoms with Crippen LogP contribution in [-0.2, 0) is 6.18 Å². The number of nitrogens with zero attached hydrogens (tertiary/aromatic N) is 2. The van der Waals surface area contributed by atoms with Crippen molar-refractivity contribution in [3.05, 3.63) is 23.5 Å². The molecule has 0 atom stereocenters. The Balaban J connectivity index is 3.25. The summed E-state index contributed by atoms with van der Waals surface area (Å²) in [6, 6.07) is 1.45. The molecule has 1 heterocycles. The maximum absolute atomic E-state index is 12.1. The number of nitriles is 1. The molecule has 0 bridgehead atoms. The van der Waals surface area contributed by atoms with Crippen LogP contribution >= 0.6 is 16.1 Å². The van der Waals surface area contributed by atoms with Gasteiger partial charge in [0.25, 0.3) is 0 Å². The van der Waals surface area contributed by atoms with Crippen LogP contribution in [0.3, 0.4) is 0 Å². The summed E-state index contributed by atoms with van der Waals surface area (Å²) in [7, 11) is 0. The molecule has 0 spiro atoms. The van der Waals surface area contributed by atoms with E-state index in [4.69, 9.17) is 5.26 Å². The maximum atomic E-state index is 12.1. The number of hydrogen-bond acceptors (Lipinski definition) is 1.